The van der Waals surface area contributed by atoms with E-state index in [0.29, 0.717) is 5.69 Å². The van der Waals surface area contributed by atoms with Crippen molar-refractivity contribution in [1.82, 2.24) is 0 Å². The second kappa shape index (κ2) is 9.27. The molecule has 156 valence electrons. The number of halogens is 2. The van der Waals surface area contributed by atoms with Crippen LogP contribution in [0, 0.1) is 0 Å². The van der Waals surface area contributed by atoms with Crippen LogP contribution in [0.5, 0.6) is 0 Å². The molecule has 0 spiro atoms. The molecule has 0 aromatic heterocycles. The summed E-state index contributed by atoms with van der Waals surface area (Å²) in [5.41, 5.74) is 0.807. The van der Waals surface area contributed by atoms with Crippen LogP contribution in [0.2, 0.25) is 0 Å². The summed E-state index contributed by atoms with van der Waals surface area (Å²) in [5.74, 6) is -3.27. The summed E-state index contributed by atoms with van der Waals surface area (Å²) in [7, 11) is -2.42. The molecule has 0 saturated carbocycles. The van der Waals surface area contributed by atoms with E-state index in [9.17, 15) is 22.0 Å². The van der Waals surface area contributed by atoms with Gasteiger partial charge in [-0.25, -0.2) is 8.42 Å². The molecule has 0 fully saturated rings. The predicted molar refractivity (Wildman–Crippen MR) is 115 cm³/mol. The summed E-state index contributed by atoms with van der Waals surface area (Å²) >= 11 is 0.276. The fourth-order valence-electron chi connectivity index (χ4n) is 2.72. The Morgan fingerprint density at radius 1 is 0.967 bits per heavy atom. The van der Waals surface area contributed by atoms with Crippen molar-refractivity contribution in [2.45, 2.75) is 15.5 Å². The van der Waals surface area contributed by atoms with E-state index in [-0.39, 0.29) is 32.8 Å². The molecule has 5 nitrogen and oxygen atoms in total. The molecule has 1 N–H and O–H groups in total. The smallest absolute Gasteiger partial charge is 0.288 e. The van der Waals surface area contributed by atoms with Gasteiger partial charge in [-0.1, -0.05) is 48.2 Å². The van der Waals surface area contributed by atoms with Crippen LogP contribution in [0.4, 0.5) is 20.2 Å². The lowest BCUT2D eigenvalue weighted by Crippen LogP contribution is -2.26. The SMILES string of the molecule is CN(c1ccccc1)S(=O)(=O)c1cccc(NC(=O)c2ccccc2SC(F)F)c1. The summed E-state index contributed by atoms with van der Waals surface area (Å²) in [6.07, 6.45) is 0. The topological polar surface area (TPSA) is 66.5 Å². The fourth-order valence-corrected chi connectivity index (χ4v) is 4.60. The highest BCUT2D eigenvalue weighted by molar-refractivity contribution is 7.99. The molecule has 30 heavy (non-hydrogen) atoms. The molecule has 0 radical (unpaired) electrons. The predicted octanol–water partition coefficient (Wildman–Crippen LogP) is 5.08. The molecule has 0 atom stereocenters. The van der Waals surface area contributed by atoms with E-state index in [4.69, 9.17) is 0 Å². The lowest BCUT2D eigenvalue weighted by molar-refractivity contribution is 0.102. The highest BCUT2D eigenvalue weighted by atomic mass is 32.2. The number of sulfonamides is 1. The number of thioether (sulfide) groups is 1. The number of hydrogen-bond donors (Lipinski definition) is 1. The number of para-hydroxylation sites is 1. The third-order valence-electron chi connectivity index (χ3n) is 4.22. The largest absolute Gasteiger partial charge is 0.322 e. The summed E-state index contributed by atoms with van der Waals surface area (Å²) in [6.45, 7) is 0. The zero-order valence-electron chi connectivity index (χ0n) is 15.8. The average molecular weight is 449 g/mol. The van der Waals surface area contributed by atoms with Crippen molar-refractivity contribution in [2.75, 3.05) is 16.7 Å². The minimum Gasteiger partial charge on any atom is -0.322 e. The lowest BCUT2D eigenvalue weighted by atomic mass is 10.2. The van der Waals surface area contributed by atoms with E-state index in [1.807, 2.05) is 0 Å². The summed E-state index contributed by atoms with van der Waals surface area (Å²) in [4.78, 5) is 12.7. The van der Waals surface area contributed by atoms with Crippen LogP contribution < -0.4 is 9.62 Å². The van der Waals surface area contributed by atoms with Crippen LogP contribution in [0.1, 0.15) is 10.4 Å². The molecule has 0 saturated heterocycles. The number of hydrogen-bond acceptors (Lipinski definition) is 4. The van der Waals surface area contributed by atoms with Crippen LogP contribution >= 0.6 is 11.8 Å². The van der Waals surface area contributed by atoms with Gasteiger partial charge in [0.25, 0.3) is 21.7 Å². The van der Waals surface area contributed by atoms with E-state index >= 15 is 0 Å². The van der Waals surface area contributed by atoms with Gasteiger partial charge in [0, 0.05) is 17.6 Å². The summed E-state index contributed by atoms with van der Waals surface area (Å²) in [5, 5.41) is 2.58. The van der Waals surface area contributed by atoms with Crippen molar-refractivity contribution in [2.24, 2.45) is 0 Å². The molecular weight excluding hydrogens is 430 g/mol. The first-order valence-electron chi connectivity index (χ1n) is 8.78. The van der Waals surface area contributed by atoms with Crippen LogP contribution in [-0.2, 0) is 10.0 Å². The van der Waals surface area contributed by atoms with Gasteiger partial charge in [-0.05, 0) is 42.5 Å². The number of nitrogens with zero attached hydrogens (tertiary/aromatic N) is 1. The number of anilines is 2. The standard InChI is InChI=1S/C21H18F2N2O3S2/c1-25(16-9-3-2-4-10-16)30(27,28)17-11-7-8-15(14-17)24-20(26)18-12-5-6-13-19(18)29-21(22)23/h2-14,21H,1H3,(H,24,26). The Morgan fingerprint density at radius 2 is 1.63 bits per heavy atom. The molecule has 3 rings (SSSR count). The van der Waals surface area contributed by atoms with E-state index < -0.39 is 21.7 Å². The van der Waals surface area contributed by atoms with Crippen LogP contribution in [-0.4, -0.2) is 27.1 Å². The fraction of sp³-hybridized carbons (Fsp3) is 0.0952. The van der Waals surface area contributed by atoms with Gasteiger partial charge in [0.2, 0.25) is 0 Å². The third kappa shape index (κ3) is 4.98. The minimum absolute atomic E-state index is 0.0121. The zero-order valence-corrected chi connectivity index (χ0v) is 17.5. The van der Waals surface area contributed by atoms with Crippen molar-refractivity contribution >= 4 is 39.1 Å². The van der Waals surface area contributed by atoms with Gasteiger partial charge >= 0.3 is 0 Å². The maximum atomic E-state index is 12.9. The molecular formula is C21H18F2N2O3S2. The first kappa shape index (κ1) is 21.8. The van der Waals surface area contributed by atoms with Crippen LogP contribution in [0.15, 0.2) is 88.7 Å². The first-order chi connectivity index (χ1) is 14.3. The molecule has 0 aliphatic rings. The monoisotopic (exact) mass is 448 g/mol. The maximum Gasteiger partial charge on any atom is 0.288 e. The second-order valence-electron chi connectivity index (χ2n) is 6.16. The van der Waals surface area contributed by atoms with E-state index in [0.717, 1.165) is 4.31 Å². The van der Waals surface area contributed by atoms with Gasteiger partial charge in [0.1, 0.15) is 0 Å². The van der Waals surface area contributed by atoms with Gasteiger partial charge in [-0.3, -0.25) is 9.10 Å². The van der Waals surface area contributed by atoms with Crippen molar-refractivity contribution in [1.29, 1.82) is 0 Å². The quantitative estimate of drug-likeness (QED) is 0.512. The van der Waals surface area contributed by atoms with E-state index in [1.54, 1.807) is 42.5 Å². The van der Waals surface area contributed by atoms with Crippen molar-refractivity contribution < 1.29 is 22.0 Å². The number of carbonyl (C=O) groups is 1. The Labute approximate surface area is 177 Å². The number of benzene rings is 3. The Hall–Kier alpha value is -2.91. The van der Waals surface area contributed by atoms with E-state index in [2.05, 4.69) is 5.32 Å². The average Bonchev–Trinajstić information content (AvgIpc) is 2.74. The van der Waals surface area contributed by atoms with Crippen molar-refractivity contribution in [3.8, 4) is 0 Å². The third-order valence-corrected chi connectivity index (χ3v) is 6.79. The molecule has 9 heteroatoms. The van der Waals surface area contributed by atoms with Crippen LogP contribution in [0.25, 0.3) is 0 Å². The number of nitrogens with one attached hydrogen (secondary N) is 1. The molecule has 0 aliphatic heterocycles. The van der Waals surface area contributed by atoms with E-state index in [1.165, 1.54) is 43.4 Å². The van der Waals surface area contributed by atoms with Crippen molar-refractivity contribution in [3.05, 3.63) is 84.4 Å². The molecule has 0 heterocycles. The molecule has 0 bridgehead atoms. The number of carbonyl (C=O) groups excluding carboxylic acids is 1. The highest BCUT2D eigenvalue weighted by Gasteiger charge is 2.22. The normalized spacial score (nSPS) is 11.3. The Balaban J connectivity index is 1.85. The molecule has 0 aliphatic carbocycles. The van der Waals surface area contributed by atoms with Gasteiger partial charge in [-0.15, -0.1) is 0 Å². The van der Waals surface area contributed by atoms with Gasteiger partial charge in [-0.2, -0.15) is 8.78 Å². The second-order valence-corrected chi connectivity index (χ2v) is 9.17. The molecule has 0 unspecified atom stereocenters. The first-order valence-corrected chi connectivity index (χ1v) is 11.1. The molecule has 3 aromatic carbocycles. The Kier molecular flexibility index (Phi) is 6.73. The molecule has 3 aromatic rings. The van der Waals surface area contributed by atoms with Crippen LogP contribution in [0.3, 0.4) is 0 Å². The maximum absolute atomic E-state index is 12.9. The summed E-state index contributed by atoms with van der Waals surface area (Å²) in [6, 6.07) is 20.4. The summed E-state index contributed by atoms with van der Waals surface area (Å²) < 4.78 is 52.5. The zero-order chi connectivity index (χ0) is 21.7. The number of amides is 1. The Bertz CT molecular complexity index is 1140. The number of rotatable bonds is 7. The van der Waals surface area contributed by atoms with Gasteiger partial charge in [0.15, 0.2) is 0 Å². The minimum atomic E-state index is -3.86. The Morgan fingerprint density at radius 3 is 2.33 bits per heavy atom. The highest BCUT2D eigenvalue weighted by Crippen LogP contribution is 2.29. The molecule has 1 amide bonds. The van der Waals surface area contributed by atoms with Gasteiger partial charge < -0.3 is 5.32 Å². The number of alkyl halides is 2. The van der Waals surface area contributed by atoms with Gasteiger partial charge in [0.05, 0.1) is 16.1 Å². The lowest BCUT2D eigenvalue weighted by Gasteiger charge is -2.20. The van der Waals surface area contributed by atoms with Crippen molar-refractivity contribution in [3.63, 3.8) is 0 Å².